The summed E-state index contributed by atoms with van der Waals surface area (Å²) >= 11 is 12.0. The molecule has 3 N–H and O–H groups in total. The first-order valence-electron chi connectivity index (χ1n) is 13.0. The molecule has 0 spiro atoms. The highest BCUT2D eigenvalue weighted by atomic mass is 35.5. The first kappa shape index (κ1) is 28.3. The molecule has 2 saturated heterocycles. The maximum Gasteiger partial charge on any atom is 0.240 e. The van der Waals surface area contributed by atoms with Gasteiger partial charge in [-0.15, -0.1) is 0 Å². The van der Waals surface area contributed by atoms with Crippen molar-refractivity contribution in [2.45, 2.75) is 74.5 Å². The molecular weight excluding hydrogens is 531 g/mol. The minimum atomic E-state index is -3.82. The maximum atomic E-state index is 13.8. The number of sulfonamides is 1. The van der Waals surface area contributed by atoms with E-state index in [-0.39, 0.29) is 46.5 Å². The molecule has 10 heteroatoms. The number of nitrogens with zero attached hydrogens (tertiary/aromatic N) is 2. The number of carbonyl (C=O) groups is 1. The number of amides is 1. The van der Waals surface area contributed by atoms with Crippen molar-refractivity contribution in [3.63, 3.8) is 0 Å². The summed E-state index contributed by atoms with van der Waals surface area (Å²) < 4.78 is 28.7. The predicted molar refractivity (Wildman–Crippen MR) is 148 cm³/mol. The van der Waals surface area contributed by atoms with Crippen LogP contribution in [0.1, 0.15) is 44.6 Å². The van der Waals surface area contributed by atoms with Crippen molar-refractivity contribution in [2.24, 2.45) is 5.73 Å². The Morgan fingerprint density at radius 3 is 2.59 bits per heavy atom. The van der Waals surface area contributed by atoms with Crippen molar-refractivity contribution in [3.05, 3.63) is 64.1 Å². The molecule has 2 heterocycles. The van der Waals surface area contributed by atoms with Crippen LogP contribution in [0.3, 0.4) is 0 Å². The zero-order valence-electron chi connectivity index (χ0n) is 21.2. The van der Waals surface area contributed by atoms with E-state index in [2.05, 4.69) is 33.9 Å². The number of hydrogen-bond acceptors (Lipinski definition) is 5. The lowest BCUT2D eigenvalue weighted by Crippen LogP contribution is -2.51. The van der Waals surface area contributed by atoms with Crippen LogP contribution >= 0.6 is 23.2 Å². The third-order valence-electron chi connectivity index (χ3n) is 7.49. The zero-order chi connectivity index (χ0) is 26.6. The van der Waals surface area contributed by atoms with E-state index in [0.29, 0.717) is 31.0 Å². The van der Waals surface area contributed by atoms with Gasteiger partial charge in [0.2, 0.25) is 15.9 Å². The molecule has 2 aliphatic rings. The Labute approximate surface area is 230 Å². The Kier molecular flexibility index (Phi) is 9.53. The Morgan fingerprint density at radius 2 is 1.89 bits per heavy atom. The van der Waals surface area contributed by atoms with Crippen LogP contribution in [0.4, 0.5) is 0 Å². The number of rotatable bonds is 10. The standard InChI is InChI=1S/C27H36Cl2N4O3S/c1-2-6-22(17-31-37(35,36)23-11-12-24(28)25(29)16-23)32-14-13-21(10-9-19-7-4-3-5-8-19)33-18-20(30)15-26(33)27(32)34/h3-5,7-8,11-12,16,20-22,26,31H,2,6,9-10,13-15,17-18,30H2,1H3/t20-,21?,22-,26+/m1/s1. The summed E-state index contributed by atoms with van der Waals surface area (Å²) in [6.45, 7) is 3.49. The molecular formula is C27H36Cl2N4O3S. The average molecular weight is 568 g/mol. The molecule has 202 valence electrons. The highest BCUT2D eigenvalue weighted by Crippen LogP contribution is 2.30. The van der Waals surface area contributed by atoms with Crippen LogP contribution in [0.15, 0.2) is 53.4 Å². The normalized spacial score (nSPS) is 23.6. The smallest absolute Gasteiger partial charge is 0.240 e. The van der Waals surface area contributed by atoms with Gasteiger partial charge in [-0.3, -0.25) is 9.69 Å². The van der Waals surface area contributed by atoms with E-state index in [1.54, 1.807) is 0 Å². The molecule has 2 aliphatic heterocycles. The Balaban J connectivity index is 1.49. The van der Waals surface area contributed by atoms with Crippen molar-refractivity contribution < 1.29 is 13.2 Å². The van der Waals surface area contributed by atoms with Crippen molar-refractivity contribution >= 4 is 39.1 Å². The zero-order valence-corrected chi connectivity index (χ0v) is 23.5. The van der Waals surface area contributed by atoms with Gasteiger partial charge in [0.1, 0.15) is 0 Å². The van der Waals surface area contributed by atoms with Crippen LogP contribution in [0, 0.1) is 0 Å². The first-order valence-corrected chi connectivity index (χ1v) is 15.2. The number of fused-ring (bicyclic) bond motifs is 1. The number of benzene rings is 2. The lowest BCUT2D eigenvalue weighted by atomic mass is 10.0. The summed E-state index contributed by atoms with van der Waals surface area (Å²) in [6.07, 6.45) is 4.89. The average Bonchev–Trinajstić information content (AvgIpc) is 3.22. The quantitative estimate of drug-likeness (QED) is 0.451. The Bertz CT molecular complexity index is 1180. The largest absolute Gasteiger partial charge is 0.337 e. The molecule has 0 aromatic heterocycles. The van der Waals surface area contributed by atoms with E-state index in [4.69, 9.17) is 28.9 Å². The molecule has 0 bridgehead atoms. The van der Waals surface area contributed by atoms with E-state index in [0.717, 1.165) is 25.7 Å². The lowest BCUT2D eigenvalue weighted by molar-refractivity contribution is -0.137. The van der Waals surface area contributed by atoms with Crippen molar-refractivity contribution in [1.82, 2.24) is 14.5 Å². The number of nitrogens with two attached hydrogens (primary N) is 1. The van der Waals surface area contributed by atoms with Crippen LogP contribution in [-0.2, 0) is 21.2 Å². The second-order valence-electron chi connectivity index (χ2n) is 10.1. The predicted octanol–water partition coefficient (Wildman–Crippen LogP) is 4.08. The fourth-order valence-electron chi connectivity index (χ4n) is 5.58. The summed E-state index contributed by atoms with van der Waals surface area (Å²) in [5.41, 5.74) is 7.62. The molecule has 0 aliphatic carbocycles. The van der Waals surface area contributed by atoms with E-state index in [1.165, 1.54) is 23.8 Å². The molecule has 0 radical (unpaired) electrons. The van der Waals surface area contributed by atoms with Gasteiger partial charge < -0.3 is 10.6 Å². The van der Waals surface area contributed by atoms with Crippen LogP contribution in [-0.4, -0.2) is 67.9 Å². The third-order valence-corrected chi connectivity index (χ3v) is 9.65. The number of hydrogen-bond donors (Lipinski definition) is 2. The highest BCUT2D eigenvalue weighted by molar-refractivity contribution is 7.89. The van der Waals surface area contributed by atoms with E-state index in [9.17, 15) is 13.2 Å². The second-order valence-corrected chi connectivity index (χ2v) is 12.7. The summed E-state index contributed by atoms with van der Waals surface area (Å²) in [7, 11) is -3.82. The SMILES string of the molecule is CCC[C@H](CNS(=O)(=O)c1ccc(Cl)c(Cl)c1)N1CCC(CCc2ccccc2)N2C[C@H](N)C[C@H]2C1=O. The summed E-state index contributed by atoms with van der Waals surface area (Å²) in [6, 6.07) is 14.3. The third kappa shape index (κ3) is 6.85. The molecule has 2 fully saturated rings. The molecule has 0 saturated carbocycles. The fourth-order valence-corrected chi connectivity index (χ4v) is 7.04. The Morgan fingerprint density at radius 1 is 1.14 bits per heavy atom. The van der Waals surface area contributed by atoms with Gasteiger partial charge in [0, 0.05) is 37.8 Å². The van der Waals surface area contributed by atoms with Gasteiger partial charge in [0.15, 0.2) is 0 Å². The number of halogens is 2. The van der Waals surface area contributed by atoms with E-state index >= 15 is 0 Å². The monoisotopic (exact) mass is 566 g/mol. The molecule has 2 aromatic rings. The van der Waals surface area contributed by atoms with Crippen LogP contribution in [0.5, 0.6) is 0 Å². The van der Waals surface area contributed by atoms with E-state index < -0.39 is 10.0 Å². The van der Waals surface area contributed by atoms with Gasteiger partial charge in [-0.05, 0) is 55.9 Å². The minimum Gasteiger partial charge on any atom is -0.337 e. The molecule has 1 unspecified atom stereocenters. The van der Waals surface area contributed by atoms with Gasteiger partial charge in [0.05, 0.1) is 21.0 Å². The van der Waals surface area contributed by atoms with Crippen LogP contribution < -0.4 is 10.5 Å². The Hall–Kier alpha value is -1.68. The summed E-state index contributed by atoms with van der Waals surface area (Å²) in [5, 5.41) is 0.470. The van der Waals surface area contributed by atoms with E-state index in [1.807, 2.05) is 17.9 Å². The fraction of sp³-hybridized carbons (Fsp3) is 0.519. The van der Waals surface area contributed by atoms with Crippen LogP contribution in [0.2, 0.25) is 10.0 Å². The maximum absolute atomic E-state index is 13.8. The second kappa shape index (κ2) is 12.5. The molecule has 4 atom stereocenters. The molecule has 4 rings (SSSR count). The molecule has 7 nitrogen and oxygen atoms in total. The lowest BCUT2D eigenvalue weighted by Gasteiger charge is -2.33. The number of carbonyl (C=O) groups excluding carboxylic acids is 1. The molecule has 37 heavy (non-hydrogen) atoms. The van der Waals surface area contributed by atoms with Crippen molar-refractivity contribution in [1.29, 1.82) is 0 Å². The summed E-state index contributed by atoms with van der Waals surface area (Å²) in [4.78, 5) is 18.1. The van der Waals surface area contributed by atoms with Gasteiger partial charge in [0.25, 0.3) is 0 Å². The number of aryl methyl sites for hydroxylation is 1. The van der Waals surface area contributed by atoms with Gasteiger partial charge >= 0.3 is 0 Å². The van der Waals surface area contributed by atoms with Crippen LogP contribution in [0.25, 0.3) is 0 Å². The van der Waals surface area contributed by atoms with Crippen molar-refractivity contribution in [3.8, 4) is 0 Å². The first-order chi connectivity index (χ1) is 17.7. The topological polar surface area (TPSA) is 95.7 Å². The van der Waals surface area contributed by atoms with Gasteiger partial charge in [-0.1, -0.05) is 66.9 Å². The summed E-state index contributed by atoms with van der Waals surface area (Å²) in [5.74, 6) is 0.0577. The molecule has 2 aromatic carbocycles. The van der Waals surface area contributed by atoms with Crippen molar-refractivity contribution in [2.75, 3.05) is 19.6 Å². The van der Waals surface area contributed by atoms with Gasteiger partial charge in [-0.25, -0.2) is 13.1 Å². The highest BCUT2D eigenvalue weighted by Gasteiger charge is 2.44. The molecule has 1 amide bonds. The number of nitrogens with one attached hydrogen (secondary N) is 1. The minimum absolute atomic E-state index is 0.0362. The van der Waals surface area contributed by atoms with Gasteiger partial charge in [-0.2, -0.15) is 0 Å².